The van der Waals surface area contributed by atoms with Crippen molar-refractivity contribution in [3.63, 3.8) is 0 Å². The van der Waals surface area contributed by atoms with Crippen LogP contribution in [0.25, 0.3) is 0 Å². The molecule has 1 aliphatic carbocycles. The molecule has 0 saturated carbocycles. The van der Waals surface area contributed by atoms with Gasteiger partial charge in [-0.1, -0.05) is 34.9 Å². The molecule has 2 aliphatic rings. The van der Waals surface area contributed by atoms with Gasteiger partial charge in [0.05, 0.1) is 5.41 Å². The minimum absolute atomic E-state index is 0.0782. The molecule has 1 N–H and O–H groups in total. The first-order valence-corrected chi connectivity index (χ1v) is 9.96. The normalized spacial score (nSPS) is 22.8. The first kappa shape index (κ1) is 21.9. The van der Waals surface area contributed by atoms with Gasteiger partial charge in [0, 0.05) is 6.08 Å². The van der Waals surface area contributed by atoms with Crippen molar-refractivity contribution in [2.24, 2.45) is 5.41 Å². The number of hydrogen-bond acceptors (Lipinski definition) is 4. The van der Waals surface area contributed by atoms with Gasteiger partial charge in [-0.2, -0.15) is 0 Å². The van der Waals surface area contributed by atoms with E-state index in [2.05, 4.69) is 45.9 Å². The van der Waals surface area contributed by atoms with Gasteiger partial charge in [-0.05, 0) is 72.3 Å². The smallest absolute Gasteiger partial charge is 0.342 e. The van der Waals surface area contributed by atoms with Gasteiger partial charge in [-0.3, -0.25) is 4.79 Å². The van der Waals surface area contributed by atoms with E-state index in [9.17, 15) is 14.7 Å². The number of aliphatic hydroxyl groups is 1. The molecular weight excluding hydrogens is 352 g/mol. The van der Waals surface area contributed by atoms with Gasteiger partial charge in [0.1, 0.15) is 17.9 Å². The van der Waals surface area contributed by atoms with Gasteiger partial charge in [0.15, 0.2) is 5.78 Å². The van der Waals surface area contributed by atoms with Crippen molar-refractivity contribution < 1.29 is 19.4 Å². The van der Waals surface area contributed by atoms with Crippen LogP contribution in [0.15, 0.2) is 57.9 Å². The van der Waals surface area contributed by atoms with Gasteiger partial charge >= 0.3 is 5.97 Å². The Kier molecular flexibility index (Phi) is 7.22. The zero-order valence-corrected chi connectivity index (χ0v) is 17.7. The monoisotopic (exact) mass is 384 g/mol. The second kappa shape index (κ2) is 9.22. The molecule has 4 nitrogen and oxygen atoms in total. The Labute approximate surface area is 168 Å². The van der Waals surface area contributed by atoms with Crippen molar-refractivity contribution in [1.82, 2.24) is 0 Å². The molecule has 0 amide bonds. The van der Waals surface area contributed by atoms with Gasteiger partial charge in [-0.25, -0.2) is 4.79 Å². The summed E-state index contributed by atoms with van der Waals surface area (Å²) >= 11 is 0. The highest BCUT2D eigenvalue weighted by Crippen LogP contribution is 2.43. The van der Waals surface area contributed by atoms with Crippen LogP contribution in [-0.4, -0.2) is 23.5 Å². The number of hydrogen-bond donors (Lipinski definition) is 1. The highest BCUT2D eigenvalue weighted by molar-refractivity contribution is 6.07. The SMILES string of the molecule is CC(C)=CCC/C(C)=C/CC/C(C)=C/C[C@@]1(C)C(=O)C=C(O)C2=C1COC2=O. The first-order valence-electron chi connectivity index (χ1n) is 9.96. The predicted molar refractivity (Wildman–Crippen MR) is 112 cm³/mol. The number of aliphatic hydroxyl groups excluding tert-OH is 1. The highest BCUT2D eigenvalue weighted by Gasteiger charge is 2.46. The molecule has 0 aromatic rings. The number of rotatable bonds is 8. The number of carbonyl (C=O) groups excluding carboxylic acids is 2. The lowest BCUT2D eigenvalue weighted by molar-refractivity contribution is -0.136. The zero-order chi connectivity index (χ0) is 20.9. The van der Waals surface area contributed by atoms with Crippen molar-refractivity contribution in [3.05, 3.63) is 57.9 Å². The van der Waals surface area contributed by atoms with Crippen LogP contribution in [0.1, 0.15) is 66.7 Å². The minimum atomic E-state index is -0.828. The van der Waals surface area contributed by atoms with E-state index in [0.717, 1.165) is 31.8 Å². The molecule has 0 bridgehead atoms. The highest BCUT2D eigenvalue weighted by atomic mass is 16.5. The average Bonchev–Trinajstić information content (AvgIpc) is 3.01. The number of cyclic esters (lactones) is 1. The van der Waals surface area contributed by atoms with Crippen LogP contribution in [0.3, 0.4) is 0 Å². The third kappa shape index (κ3) is 5.12. The summed E-state index contributed by atoms with van der Waals surface area (Å²) in [6.45, 7) is 10.4. The van der Waals surface area contributed by atoms with Crippen molar-refractivity contribution in [3.8, 4) is 0 Å². The molecule has 4 heteroatoms. The molecular formula is C24H32O4. The zero-order valence-electron chi connectivity index (χ0n) is 17.7. The first-order chi connectivity index (χ1) is 13.1. The van der Waals surface area contributed by atoms with Crippen molar-refractivity contribution in [1.29, 1.82) is 0 Å². The molecule has 0 aromatic carbocycles. The molecule has 0 spiro atoms. The van der Waals surface area contributed by atoms with Crippen LogP contribution in [-0.2, 0) is 14.3 Å². The minimum Gasteiger partial charge on any atom is -0.507 e. The van der Waals surface area contributed by atoms with E-state index >= 15 is 0 Å². The summed E-state index contributed by atoms with van der Waals surface area (Å²) in [6, 6.07) is 0. The Bertz CT molecular complexity index is 800. The molecule has 0 radical (unpaired) electrons. The largest absolute Gasteiger partial charge is 0.507 e. The number of ether oxygens (including phenoxy) is 1. The Morgan fingerprint density at radius 3 is 2.32 bits per heavy atom. The summed E-state index contributed by atoms with van der Waals surface area (Å²) in [5.41, 5.74) is 3.91. The Balaban J connectivity index is 1.97. The third-order valence-electron chi connectivity index (χ3n) is 5.57. The van der Waals surface area contributed by atoms with Gasteiger partial charge < -0.3 is 9.84 Å². The number of ketones is 1. The fraction of sp³-hybridized carbons (Fsp3) is 0.500. The summed E-state index contributed by atoms with van der Waals surface area (Å²) in [5, 5.41) is 9.95. The molecule has 1 atom stereocenters. The van der Waals surface area contributed by atoms with E-state index in [1.54, 1.807) is 0 Å². The van der Waals surface area contributed by atoms with E-state index < -0.39 is 11.4 Å². The van der Waals surface area contributed by atoms with Crippen LogP contribution in [0.4, 0.5) is 0 Å². The van der Waals surface area contributed by atoms with Crippen molar-refractivity contribution in [2.75, 3.05) is 6.61 Å². The summed E-state index contributed by atoms with van der Waals surface area (Å²) in [5.74, 6) is -0.993. The van der Waals surface area contributed by atoms with E-state index in [1.165, 1.54) is 16.7 Å². The maximum atomic E-state index is 12.6. The number of esters is 1. The second-order valence-electron chi connectivity index (χ2n) is 8.32. The van der Waals surface area contributed by atoms with Crippen molar-refractivity contribution in [2.45, 2.75) is 66.7 Å². The lowest BCUT2D eigenvalue weighted by Crippen LogP contribution is -2.33. The third-order valence-corrected chi connectivity index (χ3v) is 5.57. The van der Waals surface area contributed by atoms with Crippen LogP contribution in [0, 0.1) is 5.41 Å². The van der Waals surface area contributed by atoms with Gasteiger partial charge in [0.25, 0.3) is 0 Å². The summed E-state index contributed by atoms with van der Waals surface area (Å²) in [6.07, 6.45) is 12.4. The van der Waals surface area contributed by atoms with Gasteiger partial charge in [0.2, 0.25) is 0 Å². The molecule has 152 valence electrons. The topological polar surface area (TPSA) is 63.6 Å². The molecule has 0 unspecified atom stereocenters. The van der Waals surface area contributed by atoms with Crippen molar-refractivity contribution >= 4 is 11.8 Å². The maximum Gasteiger partial charge on any atom is 0.342 e. The molecule has 1 heterocycles. The fourth-order valence-electron chi connectivity index (χ4n) is 3.54. The average molecular weight is 385 g/mol. The number of allylic oxidation sites excluding steroid dienone is 7. The number of carbonyl (C=O) groups is 2. The Morgan fingerprint density at radius 1 is 1.07 bits per heavy atom. The standard InChI is InChI=1S/C24H32O4/c1-16(2)8-6-9-17(3)10-7-11-18(4)12-13-24(5)19-15-28-23(27)22(19)20(25)14-21(24)26/h8,10,12,14,25H,6-7,9,11,13,15H2,1-5H3/b17-10+,18-12+/t24-/m1/s1. The second-order valence-corrected chi connectivity index (χ2v) is 8.32. The summed E-state index contributed by atoms with van der Waals surface area (Å²) in [4.78, 5) is 24.4. The summed E-state index contributed by atoms with van der Waals surface area (Å²) in [7, 11) is 0. The molecule has 1 aliphatic heterocycles. The quantitative estimate of drug-likeness (QED) is 0.432. The Hall–Kier alpha value is -2.36. The van der Waals surface area contributed by atoms with E-state index in [0.29, 0.717) is 12.0 Å². The maximum absolute atomic E-state index is 12.6. The summed E-state index contributed by atoms with van der Waals surface area (Å²) < 4.78 is 5.06. The molecule has 28 heavy (non-hydrogen) atoms. The van der Waals surface area contributed by atoms with E-state index in [1.807, 2.05) is 6.92 Å². The lowest BCUT2D eigenvalue weighted by atomic mass is 9.70. The van der Waals surface area contributed by atoms with Crippen LogP contribution < -0.4 is 0 Å². The fourth-order valence-corrected chi connectivity index (χ4v) is 3.54. The molecule has 0 saturated heterocycles. The van der Waals surface area contributed by atoms with Crippen LogP contribution in [0.5, 0.6) is 0 Å². The van der Waals surface area contributed by atoms with E-state index in [-0.39, 0.29) is 23.7 Å². The molecule has 2 rings (SSSR count). The molecule has 0 fully saturated rings. The molecule has 0 aromatic heterocycles. The predicted octanol–water partition coefficient (Wildman–Crippen LogP) is 5.68. The van der Waals surface area contributed by atoms with E-state index in [4.69, 9.17) is 4.74 Å². The Morgan fingerprint density at radius 2 is 1.68 bits per heavy atom. The lowest BCUT2D eigenvalue weighted by Gasteiger charge is -2.30. The van der Waals surface area contributed by atoms with Crippen LogP contribution in [0.2, 0.25) is 0 Å². The van der Waals surface area contributed by atoms with Gasteiger partial charge in [-0.15, -0.1) is 0 Å². The van der Waals surface area contributed by atoms with Crippen LogP contribution >= 0.6 is 0 Å².